The van der Waals surface area contributed by atoms with Gasteiger partial charge in [-0.1, -0.05) is 84.9 Å². The second-order valence-electron chi connectivity index (χ2n) is 8.38. The minimum atomic E-state index is 0.967. The van der Waals surface area contributed by atoms with E-state index < -0.39 is 0 Å². The van der Waals surface area contributed by atoms with Crippen molar-refractivity contribution in [2.45, 2.75) is 19.9 Å². The molecule has 7 rings (SSSR count). The van der Waals surface area contributed by atoms with Crippen molar-refractivity contribution in [2.24, 2.45) is 0 Å². The van der Waals surface area contributed by atoms with Crippen LogP contribution in [0.5, 0.6) is 0 Å². The van der Waals surface area contributed by atoms with Crippen molar-refractivity contribution >= 4 is 43.4 Å². The second kappa shape index (κ2) is 5.73. The Morgan fingerprint density at radius 1 is 0.667 bits per heavy atom. The van der Waals surface area contributed by atoms with Gasteiger partial charge in [-0.2, -0.15) is 0 Å². The van der Waals surface area contributed by atoms with Gasteiger partial charge in [0.1, 0.15) is 0 Å². The maximum Gasteiger partial charge on any atom is 0.0571 e. The number of hydrogen-bond donors (Lipinski definition) is 0. The SMILES string of the molecule is CCn1c2c3c(c4ccccc4c2c2ccc4ccccc4c21)-c1ccccc1C3. The Bertz CT molecular complexity index is 1650. The molecule has 0 saturated carbocycles. The highest BCUT2D eigenvalue weighted by Gasteiger charge is 2.27. The fourth-order valence-electron chi connectivity index (χ4n) is 5.81. The molecule has 0 spiro atoms. The Labute approximate surface area is 175 Å². The van der Waals surface area contributed by atoms with Crippen LogP contribution in [0.15, 0.2) is 84.9 Å². The molecule has 1 aliphatic rings. The monoisotopic (exact) mass is 383 g/mol. The van der Waals surface area contributed by atoms with Crippen LogP contribution in [0.3, 0.4) is 0 Å². The third kappa shape index (κ3) is 1.88. The summed E-state index contributed by atoms with van der Waals surface area (Å²) >= 11 is 0. The minimum Gasteiger partial charge on any atom is -0.340 e. The number of fused-ring (bicyclic) bond motifs is 12. The number of aryl methyl sites for hydroxylation is 1. The van der Waals surface area contributed by atoms with Crippen LogP contribution in [-0.2, 0) is 13.0 Å². The minimum absolute atomic E-state index is 0.967. The van der Waals surface area contributed by atoms with E-state index in [-0.39, 0.29) is 0 Å². The summed E-state index contributed by atoms with van der Waals surface area (Å²) in [7, 11) is 0. The van der Waals surface area contributed by atoms with Gasteiger partial charge < -0.3 is 4.57 Å². The standard InChI is InChI=1S/C29H21N/c1-2-30-28-21-12-6-3-9-18(21)15-16-24(28)27-23-14-8-7-13-22(23)26-20-11-5-4-10-19(20)17-25(26)29(27)30/h3-16H,2,17H2,1H3. The molecule has 0 aliphatic heterocycles. The van der Waals surface area contributed by atoms with Crippen molar-refractivity contribution in [2.75, 3.05) is 0 Å². The summed E-state index contributed by atoms with van der Waals surface area (Å²) in [5.74, 6) is 0. The number of rotatable bonds is 1. The number of benzene rings is 5. The van der Waals surface area contributed by atoms with Crippen LogP contribution in [0.2, 0.25) is 0 Å². The molecular formula is C29H21N. The molecule has 30 heavy (non-hydrogen) atoms. The largest absolute Gasteiger partial charge is 0.340 e. The van der Waals surface area contributed by atoms with E-state index in [1.54, 1.807) is 0 Å². The average Bonchev–Trinajstić information content (AvgIpc) is 3.35. The fourth-order valence-corrected chi connectivity index (χ4v) is 5.81. The molecule has 6 aromatic rings. The zero-order chi connectivity index (χ0) is 19.8. The summed E-state index contributed by atoms with van der Waals surface area (Å²) in [4.78, 5) is 0. The molecule has 0 N–H and O–H groups in total. The number of aromatic nitrogens is 1. The van der Waals surface area contributed by atoms with E-state index >= 15 is 0 Å². The van der Waals surface area contributed by atoms with Gasteiger partial charge in [0.05, 0.1) is 11.0 Å². The molecular weight excluding hydrogens is 362 g/mol. The molecule has 0 amide bonds. The lowest BCUT2D eigenvalue weighted by atomic mass is 9.93. The summed E-state index contributed by atoms with van der Waals surface area (Å²) in [6.07, 6.45) is 1.01. The van der Waals surface area contributed by atoms with Gasteiger partial charge in [-0.25, -0.2) is 0 Å². The van der Waals surface area contributed by atoms with E-state index in [0.717, 1.165) is 13.0 Å². The first-order chi connectivity index (χ1) is 14.9. The zero-order valence-corrected chi connectivity index (χ0v) is 16.9. The molecule has 0 radical (unpaired) electrons. The maximum absolute atomic E-state index is 2.57. The van der Waals surface area contributed by atoms with E-state index in [4.69, 9.17) is 0 Å². The number of hydrogen-bond acceptors (Lipinski definition) is 0. The van der Waals surface area contributed by atoms with E-state index in [1.807, 2.05) is 0 Å². The van der Waals surface area contributed by atoms with E-state index in [9.17, 15) is 0 Å². The summed E-state index contributed by atoms with van der Waals surface area (Å²) in [5, 5.41) is 8.21. The van der Waals surface area contributed by atoms with Crippen LogP contribution >= 0.6 is 0 Å². The van der Waals surface area contributed by atoms with Crippen LogP contribution in [0, 0.1) is 0 Å². The van der Waals surface area contributed by atoms with Gasteiger partial charge in [-0.3, -0.25) is 0 Å². The number of nitrogens with zero attached hydrogens (tertiary/aromatic N) is 1. The molecule has 0 saturated heterocycles. The molecule has 1 aliphatic carbocycles. The summed E-state index contributed by atoms with van der Waals surface area (Å²) in [6, 6.07) is 31.4. The quantitative estimate of drug-likeness (QED) is 0.274. The first-order valence-electron chi connectivity index (χ1n) is 10.8. The molecule has 0 unspecified atom stereocenters. The third-order valence-electron chi connectivity index (χ3n) is 6.97. The Morgan fingerprint density at radius 3 is 2.27 bits per heavy atom. The van der Waals surface area contributed by atoms with Crippen molar-refractivity contribution in [3.8, 4) is 11.1 Å². The van der Waals surface area contributed by atoms with Gasteiger partial charge in [0.2, 0.25) is 0 Å². The highest BCUT2D eigenvalue weighted by atomic mass is 15.0. The van der Waals surface area contributed by atoms with Crippen molar-refractivity contribution in [1.82, 2.24) is 4.57 Å². The van der Waals surface area contributed by atoms with Crippen LogP contribution in [-0.4, -0.2) is 4.57 Å². The van der Waals surface area contributed by atoms with Crippen LogP contribution in [0.25, 0.3) is 54.5 Å². The average molecular weight is 383 g/mol. The zero-order valence-electron chi connectivity index (χ0n) is 16.9. The normalized spacial score (nSPS) is 12.8. The summed E-state index contributed by atoms with van der Waals surface area (Å²) in [5.41, 5.74) is 8.59. The van der Waals surface area contributed by atoms with Crippen molar-refractivity contribution < 1.29 is 0 Å². The van der Waals surface area contributed by atoms with Crippen LogP contribution in [0.4, 0.5) is 0 Å². The van der Waals surface area contributed by atoms with Gasteiger partial charge in [0.15, 0.2) is 0 Å². The molecule has 1 heteroatoms. The molecule has 0 bridgehead atoms. The Balaban J connectivity index is 1.82. The van der Waals surface area contributed by atoms with Gasteiger partial charge in [0.25, 0.3) is 0 Å². The highest BCUT2D eigenvalue weighted by Crippen LogP contribution is 2.49. The van der Waals surface area contributed by atoms with E-state index in [2.05, 4.69) is 96.4 Å². The lowest BCUT2D eigenvalue weighted by Crippen LogP contribution is -1.97. The van der Waals surface area contributed by atoms with E-state index in [1.165, 1.54) is 65.6 Å². The van der Waals surface area contributed by atoms with Gasteiger partial charge in [0, 0.05) is 29.1 Å². The Morgan fingerprint density at radius 2 is 1.40 bits per heavy atom. The summed E-state index contributed by atoms with van der Waals surface area (Å²) < 4.78 is 2.57. The van der Waals surface area contributed by atoms with Crippen LogP contribution in [0.1, 0.15) is 18.1 Å². The fraction of sp³-hybridized carbons (Fsp3) is 0.103. The molecule has 0 fully saturated rings. The molecule has 0 atom stereocenters. The molecule has 1 aromatic heterocycles. The summed E-state index contributed by atoms with van der Waals surface area (Å²) in [6.45, 7) is 3.25. The van der Waals surface area contributed by atoms with Gasteiger partial charge in [-0.05, 0) is 45.3 Å². The van der Waals surface area contributed by atoms with E-state index in [0.29, 0.717) is 0 Å². The van der Waals surface area contributed by atoms with Gasteiger partial charge in [-0.15, -0.1) is 0 Å². The van der Waals surface area contributed by atoms with Crippen LogP contribution < -0.4 is 0 Å². The molecule has 142 valence electrons. The van der Waals surface area contributed by atoms with Gasteiger partial charge >= 0.3 is 0 Å². The van der Waals surface area contributed by atoms with Crippen molar-refractivity contribution in [3.63, 3.8) is 0 Å². The maximum atomic E-state index is 2.57. The molecule has 1 heterocycles. The van der Waals surface area contributed by atoms with Crippen molar-refractivity contribution in [3.05, 3.63) is 96.1 Å². The third-order valence-corrected chi connectivity index (χ3v) is 6.97. The lowest BCUT2D eigenvalue weighted by Gasteiger charge is -2.12. The highest BCUT2D eigenvalue weighted by molar-refractivity contribution is 6.28. The predicted molar refractivity (Wildman–Crippen MR) is 128 cm³/mol. The second-order valence-corrected chi connectivity index (χ2v) is 8.38. The Kier molecular flexibility index (Phi) is 3.10. The Hall–Kier alpha value is -3.58. The first-order valence-corrected chi connectivity index (χ1v) is 10.8. The van der Waals surface area contributed by atoms with Crippen molar-refractivity contribution in [1.29, 1.82) is 0 Å². The first kappa shape index (κ1) is 16.2. The topological polar surface area (TPSA) is 4.93 Å². The molecule has 5 aromatic carbocycles. The smallest absolute Gasteiger partial charge is 0.0571 e. The lowest BCUT2D eigenvalue weighted by molar-refractivity contribution is 0.826. The predicted octanol–water partition coefficient (Wildman–Crippen LogP) is 7.69. The molecule has 1 nitrogen and oxygen atoms in total.